The van der Waals surface area contributed by atoms with Crippen molar-refractivity contribution in [3.8, 4) is 28.4 Å². The average Bonchev–Trinajstić information content (AvgIpc) is 2.95. The van der Waals surface area contributed by atoms with Crippen molar-refractivity contribution in [3.63, 3.8) is 0 Å². The first-order valence-corrected chi connectivity index (χ1v) is 12.6. The molecule has 3 aromatic heterocycles. The van der Waals surface area contributed by atoms with Crippen molar-refractivity contribution in [1.82, 2.24) is 14.5 Å². The molecule has 0 spiro atoms. The standard InChI is InChI=1S/C31H27FN4O4/c1-18(2)36-17-25(30(37)29(19(36)3)20-5-7-21(32)8-6-20)31(38)35-28-12-10-23(16-34-28)40-27-13-14-33-26-11-9-22(39-4)15-24(26)27/h5-18H,1-4H3,(H,34,35,38). The number of pyridine rings is 3. The Morgan fingerprint density at radius 3 is 2.42 bits per heavy atom. The van der Waals surface area contributed by atoms with Crippen LogP contribution in [0.5, 0.6) is 17.2 Å². The van der Waals surface area contributed by atoms with Crippen molar-refractivity contribution in [3.05, 3.63) is 107 Å². The summed E-state index contributed by atoms with van der Waals surface area (Å²) in [6.07, 6.45) is 4.68. The average molecular weight is 539 g/mol. The van der Waals surface area contributed by atoms with Gasteiger partial charge in [-0.2, -0.15) is 0 Å². The number of rotatable bonds is 7. The zero-order chi connectivity index (χ0) is 28.4. The van der Waals surface area contributed by atoms with Gasteiger partial charge in [0.15, 0.2) is 0 Å². The van der Waals surface area contributed by atoms with Gasteiger partial charge in [-0.3, -0.25) is 14.6 Å². The maximum Gasteiger partial charge on any atom is 0.262 e. The van der Waals surface area contributed by atoms with Crippen molar-refractivity contribution in [2.75, 3.05) is 12.4 Å². The molecule has 5 aromatic rings. The molecule has 202 valence electrons. The summed E-state index contributed by atoms with van der Waals surface area (Å²) in [7, 11) is 1.59. The van der Waals surface area contributed by atoms with E-state index in [1.807, 2.05) is 43.5 Å². The molecule has 0 fully saturated rings. The van der Waals surface area contributed by atoms with E-state index in [-0.39, 0.29) is 17.4 Å². The van der Waals surface area contributed by atoms with Crippen LogP contribution in [0.1, 0.15) is 35.9 Å². The number of aromatic nitrogens is 3. The zero-order valence-corrected chi connectivity index (χ0v) is 22.4. The molecule has 0 radical (unpaired) electrons. The van der Waals surface area contributed by atoms with Crippen molar-refractivity contribution >= 4 is 22.6 Å². The van der Waals surface area contributed by atoms with E-state index in [4.69, 9.17) is 9.47 Å². The molecule has 0 unspecified atom stereocenters. The monoisotopic (exact) mass is 538 g/mol. The van der Waals surface area contributed by atoms with Crippen molar-refractivity contribution in [2.24, 2.45) is 0 Å². The molecule has 0 saturated heterocycles. The van der Waals surface area contributed by atoms with Gasteiger partial charge < -0.3 is 19.4 Å². The van der Waals surface area contributed by atoms with Gasteiger partial charge in [0.2, 0.25) is 5.43 Å². The number of hydrogen-bond acceptors (Lipinski definition) is 6. The van der Waals surface area contributed by atoms with Crippen LogP contribution in [-0.2, 0) is 0 Å². The molecule has 0 aliphatic heterocycles. The van der Waals surface area contributed by atoms with E-state index < -0.39 is 17.2 Å². The lowest BCUT2D eigenvalue weighted by Crippen LogP contribution is -2.27. The highest BCUT2D eigenvalue weighted by atomic mass is 19.1. The number of nitrogens with one attached hydrogen (secondary N) is 1. The van der Waals surface area contributed by atoms with Crippen LogP contribution in [-0.4, -0.2) is 27.6 Å². The Morgan fingerprint density at radius 2 is 1.75 bits per heavy atom. The number of nitrogens with zero attached hydrogens (tertiary/aromatic N) is 3. The predicted molar refractivity (Wildman–Crippen MR) is 152 cm³/mol. The maximum absolute atomic E-state index is 13.5. The van der Waals surface area contributed by atoms with Crippen LogP contribution >= 0.6 is 0 Å². The minimum absolute atomic E-state index is 0.0230. The van der Waals surface area contributed by atoms with Gasteiger partial charge in [-0.05, 0) is 74.9 Å². The number of methoxy groups -OCH3 is 1. The first-order chi connectivity index (χ1) is 19.2. The highest BCUT2D eigenvalue weighted by Gasteiger charge is 2.21. The molecule has 1 N–H and O–H groups in total. The summed E-state index contributed by atoms with van der Waals surface area (Å²) in [5, 5.41) is 3.48. The maximum atomic E-state index is 13.5. The van der Waals surface area contributed by atoms with Gasteiger partial charge >= 0.3 is 0 Å². The van der Waals surface area contributed by atoms with E-state index in [0.29, 0.717) is 34.1 Å². The molecule has 40 heavy (non-hydrogen) atoms. The van der Waals surface area contributed by atoms with Crippen LogP contribution in [0.25, 0.3) is 22.0 Å². The summed E-state index contributed by atoms with van der Waals surface area (Å²) in [4.78, 5) is 35.4. The molecular formula is C31H27FN4O4. The lowest BCUT2D eigenvalue weighted by atomic mass is 10.0. The second-order valence-electron chi connectivity index (χ2n) is 9.47. The largest absolute Gasteiger partial charge is 0.497 e. The number of carbonyl (C=O) groups excluding carboxylic acids is 1. The first-order valence-electron chi connectivity index (χ1n) is 12.6. The summed E-state index contributed by atoms with van der Waals surface area (Å²) < 4.78 is 26.7. The van der Waals surface area contributed by atoms with Crippen LogP contribution in [0.3, 0.4) is 0 Å². The molecule has 0 aliphatic carbocycles. The third-order valence-corrected chi connectivity index (χ3v) is 6.54. The van der Waals surface area contributed by atoms with Crippen LogP contribution < -0.4 is 20.2 Å². The first kappa shape index (κ1) is 26.6. The number of fused-ring (bicyclic) bond motifs is 1. The molecule has 1 amide bonds. The Labute approximate surface area is 230 Å². The summed E-state index contributed by atoms with van der Waals surface area (Å²) in [6, 6.07) is 16.1. The number of anilines is 1. The van der Waals surface area contributed by atoms with Crippen LogP contribution in [0.2, 0.25) is 0 Å². The topological polar surface area (TPSA) is 95.3 Å². The number of halogens is 1. The number of benzene rings is 2. The summed E-state index contributed by atoms with van der Waals surface area (Å²) in [5.74, 6) is 0.940. The van der Waals surface area contributed by atoms with Gasteiger partial charge in [-0.25, -0.2) is 9.37 Å². The molecule has 8 nitrogen and oxygen atoms in total. The molecule has 2 aromatic carbocycles. The molecule has 5 rings (SSSR count). The zero-order valence-electron chi connectivity index (χ0n) is 22.4. The molecule has 0 saturated carbocycles. The normalized spacial score (nSPS) is 11.1. The van der Waals surface area contributed by atoms with Gasteiger partial charge in [0.05, 0.1) is 18.8 Å². The molecular weight excluding hydrogens is 511 g/mol. The van der Waals surface area contributed by atoms with E-state index in [1.54, 1.807) is 37.7 Å². The molecule has 0 aliphatic rings. The highest BCUT2D eigenvalue weighted by molar-refractivity contribution is 6.04. The van der Waals surface area contributed by atoms with Crippen LogP contribution in [0, 0.1) is 12.7 Å². The van der Waals surface area contributed by atoms with E-state index in [1.165, 1.54) is 30.5 Å². The second kappa shape index (κ2) is 11.0. The van der Waals surface area contributed by atoms with E-state index in [2.05, 4.69) is 15.3 Å². The Bertz CT molecular complexity index is 1760. The van der Waals surface area contributed by atoms with Gasteiger partial charge in [0.1, 0.15) is 34.4 Å². The SMILES string of the molecule is COc1ccc2nccc(Oc3ccc(NC(=O)c4cn(C(C)C)c(C)c(-c5ccc(F)cc5)c4=O)nc3)c2c1. The van der Waals surface area contributed by atoms with Crippen molar-refractivity contribution < 1.29 is 18.7 Å². The van der Waals surface area contributed by atoms with E-state index in [0.717, 1.165) is 10.9 Å². The number of hydrogen-bond donors (Lipinski definition) is 1. The van der Waals surface area contributed by atoms with Crippen molar-refractivity contribution in [1.29, 1.82) is 0 Å². The van der Waals surface area contributed by atoms with E-state index in [9.17, 15) is 14.0 Å². The smallest absolute Gasteiger partial charge is 0.262 e. The van der Waals surface area contributed by atoms with Crippen molar-refractivity contribution in [2.45, 2.75) is 26.8 Å². The Morgan fingerprint density at radius 1 is 1.00 bits per heavy atom. The van der Waals surface area contributed by atoms with E-state index >= 15 is 0 Å². The second-order valence-corrected chi connectivity index (χ2v) is 9.47. The summed E-state index contributed by atoms with van der Waals surface area (Å²) >= 11 is 0. The lowest BCUT2D eigenvalue weighted by Gasteiger charge is -2.20. The van der Waals surface area contributed by atoms with Crippen LogP contribution in [0.15, 0.2) is 84.0 Å². The summed E-state index contributed by atoms with van der Waals surface area (Å²) in [6.45, 7) is 5.72. The third kappa shape index (κ3) is 5.26. The van der Waals surface area contributed by atoms with Crippen LogP contribution in [0.4, 0.5) is 10.2 Å². The molecule has 9 heteroatoms. The quantitative estimate of drug-likeness (QED) is 0.253. The Balaban J connectivity index is 1.41. The fraction of sp³-hybridized carbons (Fsp3) is 0.161. The Kier molecular flexibility index (Phi) is 7.29. The minimum Gasteiger partial charge on any atom is -0.497 e. The molecule has 0 bridgehead atoms. The predicted octanol–water partition coefficient (Wildman–Crippen LogP) is 6.54. The summed E-state index contributed by atoms with van der Waals surface area (Å²) in [5.41, 5.74) is 1.83. The molecule has 0 atom stereocenters. The van der Waals surface area contributed by atoms with Gasteiger partial charge in [-0.15, -0.1) is 0 Å². The fourth-order valence-corrected chi connectivity index (χ4v) is 4.52. The minimum atomic E-state index is -0.601. The number of carbonyl (C=O) groups is 1. The molecule has 3 heterocycles. The number of ether oxygens (including phenoxy) is 2. The number of amides is 1. The third-order valence-electron chi connectivity index (χ3n) is 6.54. The van der Waals surface area contributed by atoms with Gasteiger partial charge in [-0.1, -0.05) is 12.1 Å². The van der Waals surface area contributed by atoms with Gasteiger partial charge in [0, 0.05) is 35.1 Å². The Hall–Kier alpha value is -5.05. The van der Waals surface area contributed by atoms with Gasteiger partial charge in [0.25, 0.3) is 5.91 Å². The highest BCUT2D eigenvalue weighted by Crippen LogP contribution is 2.31. The fourth-order valence-electron chi connectivity index (χ4n) is 4.52. The lowest BCUT2D eigenvalue weighted by molar-refractivity contribution is 0.102.